The van der Waals surface area contributed by atoms with Crippen molar-refractivity contribution in [1.82, 2.24) is 24.6 Å². The van der Waals surface area contributed by atoms with Crippen LogP contribution in [0.5, 0.6) is 0 Å². The smallest absolute Gasteiger partial charge is 0.196 e. The third kappa shape index (κ3) is 2.59. The number of nitrogens with zero attached hydrogens (tertiary/aromatic N) is 4. The predicted molar refractivity (Wildman–Crippen MR) is 75.2 cm³/mol. The SMILES string of the molecule is Cc1nn(C)cc1CN1CCc2[nH]c(=S)ncc2C1. The van der Waals surface area contributed by atoms with E-state index >= 15 is 0 Å². The molecule has 0 aliphatic carbocycles. The van der Waals surface area contributed by atoms with Crippen molar-refractivity contribution < 1.29 is 0 Å². The zero-order chi connectivity index (χ0) is 13.4. The highest BCUT2D eigenvalue weighted by Gasteiger charge is 2.18. The van der Waals surface area contributed by atoms with Crippen molar-refractivity contribution in [1.29, 1.82) is 0 Å². The molecule has 0 spiro atoms. The molecule has 2 aromatic rings. The van der Waals surface area contributed by atoms with E-state index in [1.165, 1.54) is 16.8 Å². The van der Waals surface area contributed by atoms with Crippen molar-refractivity contribution in [3.05, 3.63) is 39.7 Å². The summed E-state index contributed by atoms with van der Waals surface area (Å²) in [5, 5.41) is 4.39. The van der Waals surface area contributed by atoms with E-state index in [9.17, 15) is 0 Å². The zero-order valence-electron chi connectivity index (χ0n) is 11.2. The van der Waals surface area contributed by atoms with Crippen LogP contribution in [0.4, 0.5) is 0 Å². The van der Waals surface area contributed by atoms with Gasteiger partial charge in [-0.2, -0.15) is 5.10 Å². The lowest BCUT2D eigenvalue weighted by atomic mass is 10.1. The first kappa shape index (κ1) is 12.5. The van der Waals surface area contributed by atoms with Crippen molar-refractivity contribution in [2.75, 3.05) is 6.54 Å². The van der Waals surface area contributed by atoms with E-state index in [0.717, 1.165) is 31.7 Å². The van der Waals surface area contributed by atoms with Crippen molar-refractivity contribution >= 4 is 12.2 Å². The number of aromatic amines is 1. The minimum absolute atomic E-state index is 0.579. The monoisotopic (exact) mass is 275 g/mol. The van der Waals surface area contributed by atoms with E-state index in [0.29, 0.717) is 4.77 Å². The Kier molecular flexibility index (Phi) is 3.20. The number of rotatable bonds is 2. The maximum Gasteiger partial charge on any atom is 0.196 e. The predicted octanol–water partition coefficient (Wildman–Crippen LogP) is 1.74. The molecule has 0 atom stereocenters. The number of fused-ring (bicyclic) bond motifs is 1. The van der Waals surface area contributed by atoms with Crippen LogP contribution >= 0.6 is 12.2 Å². The highest BCUT2D eigenvalue weighted by atomic mass is 32.1. The standard InChI is InChI=1S/C13H17N5S/c1-9-11(6-17(2)16-9)8-18-4-3-12-10(7-18)5-14-13(19)15-12/h5-6H,3-4,7-8H2,1-2H3,(H,14,15,19). The van der Waals surface area contributed by atoms with Crippen molar-refractivity contribution in [2.24, 2.45) is 7.05 Å². The molecular weight excluding hydrogens is 258 g/mol. The van der Waals surface area contributed by atoms with E-state index in [2.05, 4.69) is 33.1 Å². The lowest BCUT2D eigenvalue weighted by molar-refractivity contribution is 0.242. The molecule has 0 aromatic carbocycles. The van der Waals surface area contributed by atoms with Crippen LogP contribution in [-0.4, -0.2) is 31.2 Å². The van der Waals surface area contributed by atoms with Gasteiger partial charge < -0.3 is 4.98 Å². The van der Waals surface area contributed by atoms with Gasteiger partial charge in [-0.05, 0) is 19.1 Å². The molecule has 0 fully saturated rings. The van der Waals surface area contributed by atoms with Gasteiger partial charge in [0.2, 0.25) is 0 Å². The summed E-state index contributed by atoms with van der Waals surface area (Å²) in [6, 6.07) is 0. The lowest BCUT2D eigenvalue weighted by Crippen LogP contribution is -2.31. The van der Waals surface area contributed by atoms with Crippen LogP contribution in [0.3, 0.4) is 0 Å². The Morgan fingerprint density at radius 3 is 3.05 bits per heavy atom. The van der Waals surface area contributed by atoms with Gasteiger partial charge in [0.15, 0.2) is 4.77 Å². The van der Waals surface area contributed by atoms with Gasteiger partial charge in [-0.15, -0.1) is 0 Å². The molecule has 5 nitrogen and oxygen atoms in total. The van der Waals surface area contributed by atoms with Gasteiger partial charge in [0.05, 0.1) is 5.69 Å². The van der Waals surface area contributed by atoms with Crippen LogP contribution in [0.25, 0.3) is 0 Å². The number of H-pyrrole nitrogens is 1. The first-order valence-electron chi connectivity index (χ1n) is 6.40. The number of hydrogen-bond acceptors (Lipinski definition) is 4. The fourth-order valence-electron chi connectivity index (χ4n) is 2.59. The Balaban J connectivity index is 1.77. The van der Waals surface area contributed by atoms with Gasteiger partial charge in [0, 0.05) is 62.3 Å². The van der Waals surface area contributed by atoms with Crippen LogP contribution in [0.1, 0.15) is 22.5 Å². The van der Waals surface area contributed by atoms with Crippen LogP contribution in [0.2, 0.25) is 0 Å². The summed E-state index contributed by atoms with van der Waals surface area (Å²) in [5.74, 6) is 0. The average molecular weight is 275 g/mol. The highest BCUT2D eigenvalue weighted by molar-refractivity contribution is 7.71. The molecule has 0 bridgehead atoms. The van der Waals surface area contributed by atoms with Gasteiger partial charge in [0.1, 0.15) is 0 Å². The van der Waals surface area contributed by atoms with Crippen LogP contribution in [-0.2, 0) is 26.6 Å². The number of aromatic nitrogens is 4. The van der Waals surface area contributed by atoms with E-state index in [1.807, 2.05) is 17.9 Å². The van der Waals surface area contributed by atoms with Gasteiger partial charge in [-0.25, -0.2) is 4.98 Å². The molecule has 0 unspecified atom stereocenters. The second kappa shape index (κ2) is 4.86. The molecule has 0 saturated carbocycles. The largest absolute Gasteiger partial charge is 0.334 e. The summed E-state index contributed by atoms with van der Waals surface area (Å²) < 4.78 is 2.46. The molecule has 0 amide bonds. The molecule has 3 rings (SSSR count). The Morgan fingerprint density at radius 1 is 1.47 bits per heavy atom. The van der Waals surface area contributed by atoms with Crippen LogP contribution in [0, 0.1) is 11.7 Å². The molecule has 6 heteroatoms. The molecule has 2 aromatic heterocycles. The maximum absolute atomic E-state index is 5.06. The first-order chi connectivity index (χ1) is 9.11. The molecular formula is C13H17N5S. The van der Waals surface area contributed by atoms with Gasteiger partial charge in [-0.3, -0.25) is 9.58 Å². The van der Waals surface area contributed by atoms with Gasteiger partial charge >= 0.3 is 0 Å². The van der Waals surface area contributed by atoms with Crippen LogP contribution < -0.4 is 0 Å². The minimum Gasteiger partial charge on any atom is -0.334 e. The molecule has 1 aliphatic heterocycles. The molecule has 1 aliphatic rings. The summed E-state index contributed by atoms with van der Waals surface area (Å²) in [6.07, 6.45) is 5.00. The summed E-state index contributed by atoms with van der Waals surface area (Å²) in [6.45, 7) is 4.96. The highest BCUT2D eigenvalue weighted by Crippen LogP contribution is 2.18. The van der Waals surface area contributed by atoms with Crippen molar-refractivity contribution in [2.45, 2.75) is 26.4 Å². The Labute approximate surface area is 117 Å². The van der Waals surface area contributed by atoms with Crippen molar-refractivity contribution in [3.63, 3.8) is 0 Å². The third-order valence-electron chi connectivity index (χ3n) is 3.56. The topological polar surface area (TPSA) is 49.7 Å². The van der Waals surface area contributed by atoms with E-state index < -0.39 is 0 Å². The Bertz CT molecular complexity index is 657. The number of nitrogens with one attached hydrogen (secondary N) is 1. The summed E-state index contributed by atoms with van der Waals surface area (Å²) in [7, 11) is 1.96. The number of aryl methyl sites for hydroxylation is 2. The molecule has 0 radical (unpaired) electrons. The first-order valence-corrected chi connectivity index (χ1v) is 6.81. The summed E-state index contributed by atoms with van der Waals surface area (Å²) >= 11 is 5.06. The van der Waals surface area contributed by atoms with Gasteiger partial charge in [-0.1, -0.05) is 0 Å². The van der Waals surface area contributed by atoms with Crippen molar-refractivity contribution in [3.8, 4) is 0 Å². The quantitative estimate of drug-likeness (QED) is 0.848. The number of hydrogen-bond donors (Lipinski definition) is 1. The lowest BCUT2D eigenvalue weighted by Gasteiger charge is -2.27. The van der Waals surface area contributed by atoms with E-state index in [-0.39, 0.29) is 0 Å². The maximum atomic E-state index is 5.06. The molecule has 0 saturated heterocycles. The molecule has 100 valence electrons. The second-order valence-corrected chi connectivity index (χ2v) is 5.45. The third-order valence-corrected chi connectivity index (χ3v) is 3.77. The van der Waals surface area contributed by atoms with Gasteiger partial charge in [0.25, 0.3) is 0 Å². The fraction of sp³-hybridized carbons (Fsp3) is 0.462. The molecule has 19 heavy (non-hydrogen) atoms. The Hall–Kier alpha value is -1.53. The molecule has 1 N–H and O–H groups in total. The second-order valence-electron chi connectivity index (χ2n) is 5.07. The Morgan fingerprint density at radius 2 is 2.32 bits per heavy atom. The zero-order valence-corrected chi connectivity index (χ0v) is 12.0. The molecule has 3 heterocycles. The fourth-order valence-corrected chi connectivity index (χ4v) is 2.76. The van der Waals surface area contributed by atoms with E-state index in [4.69, 9.17) is 12.2 Å². The van der Waals surface area contributed by atoms with E-state index in [1.54, 1.807) is 0 Å². The average Bonchev–Trinajstić information content (AvgIpc) is 2.68. The van der Waals surface area contributed by atoms with Crippen LogP contribution in [0.15, 0.2) is 12.4 Å². The normalized spacial score (nSPS) is 15.5. The minimum atomic E-state index is 0.579. The summed E-state index contributed by atoms with van der Waals surface area (Å²) in [4.78, 5) is 9.78. The summed E-state index contributed by atoms with van der Waals surface area (Å²) in [5.41, 5.74) is 4.89.